The van der Waals surface area contributed by atoms with E-state index in [2.05, 4.69) is 6.58 Å². The van der Waals surface area contributed by atoms with Crippen LogP contribution in [0.1, 0.15) is 0 Å². The molecule has 0 aliphatic carbocycles. The van der Waals surface area contributed by atoms with Gasteiger partial charge in [0.2, 0.25) is 0 Å². The molecular formula is C3H2O3. The first-order valence-corrected chi connectivity index (χ1v) is 0.966. The third kappa shape index (κ3) is 6.92. The lowest BCUT2D eigenvalue weighted by molar-refractivity contribution is -0.191. The molecular weight excluding hydrogens is 84.0 g/mol. The summed E-state index contributed by atoms with van der Waals surface area (Å²) in [5.74, 6) is 1.25. The second-order valence-electron chi connectivity index (χ2n) is 0.228. The first-order chi connectivity index (χ1) is 2.83. The molecule has 0 fully saturated rings. The molecule has 0 heterocycles. The predicted molar refractivity (Wildman–Crippen MR) is 16.3 cm³/mol. The van der Waals surface area contributed by atoms with E-state index in [1.807, 2.05) is 0 Å². The van der Waals surface area contributed by atoms with Gasteiger partial charge in [0.05, 0.1) is 0 Å². The molecule has 0 saturated carbocycles. The first-order valence-electron chi connectivity index (χ1n) is 0.966. The molecule has 0 N–H and O–H groups in total. The lowest BCUT2D eigenvalue weighted by Gasteiger charge is -1.02. The summed E-state index contributed by atoms with van der Waals surface area (Å²) in [6, 6.07) is 0. The molecule has 0 amide bonds. The van der Waals surface area contributed by atoms with E-state index >= 15 is 0 Å². The topological polar surface area (TPSA) is 51.2 Å². The Bertz CT molecular complexity index is 60.0. The smallest absolute Gasteiger partial charge is 0.234 e. The van der Waals surface area contributed by atoms with Crippen molar-refractivity contribution in [2.45, 2.75) is 0 Å². The molecule has 0 aromatic rings. The molecule has 0 radical (unpaired) electrons. The van der Waals surface area contributed by atoms with Crippen molar-refractivity contribution >= 4 is 12.1 Å². The van der Waals surface area contributed by atoms with E-state index < -0.39 is 0 Å². The van der Waals surface area contributed by atoms with Crippen LogP contribution < -0.4 is 0 Å². The van der Waals surface area contributed by atoms with Crippen molar-refractivity contribution in [3.8, 4) is 0 Å². The fraction of sp³-hybridized carbons (Fsp3) is 0. The normalized spacial score (nSPS) is 2.67. The van der Waals surface area contributed by atoms with Gasteiger partial charge in [0.25, 0.3) is 0 Å². The van der Waals surface area contributed by atoms with Crippen molar-refractivity contribution in [2.24, 2.45) is 0 Å². The van der Waals surface area contributed by atoms with E-state index in [1.54, 1.807) is 0 Å². The first kappa shape index (κ1) is 8.85. The van der Waals surface area contributed by atoms with E-state index in [9.17, 15) is 0 Å². The Morgan fingerprint density at radius 3 is 1.17 bits per heavy atom. The molecule has 6 heavy (non-hydrogen) atoms. The summed E-state index contributed by atoms with van der Waals surface area (Å²) in [4.78, 5) is 24.8. The van der Waals surface area contributed by atoms with E-state index in [-0.39, 0.29) is 6.15 Å². The van der Waals surface area contributed by atoms with E-state index in [0.29, 0.717) is 0 Å². The highest BCUT2D eigenvalue weighted by Crippen LogP contribution is 0.894. The lowest BCUT2D eigenvalue weighted by Crippen LogP contribution is -1.22. The highest BCUT2D eigenvalue weighted by Gasteiger charge is 1.13. The van der Waals surface area contributed by atoms with Crippen LogP contribution in [0.2, 0.25) is 0 Å². The van der Waals surface area contributed by atoms with Gasteiger partial charge in [0, 0.05) is 0 Å². The van der Waals surface area contributed by atoms with Crippen LogP contribution >= 0.6 is 0 Å². The third-order valence-electron chi connectivity index (χ3n) is 0. The van der Waals surface area contributed by atoms with Crippen molar-refractivity contribution in [1.29, 1.82) is 0 Å². The SMILES string of the molecule is C=C=O.O=C=O. The van der Waals surface area contributed by atoms with Crippen molar-refractivity contribution in [3.05, 3.63) is 6.58 Å². The Kier molecular flexibility index (Phi) is 65.7. The Morgan fingerprint density at radius 1 is 1.17 bits per heavy atom. The van der Waals surface area contributed by atoms with Gasteiger partial charge in [-0.15, -0.1) is 0 Å². The van der Waals surface area contributed by atoms with Crippen molar-refractivity contribution in [2.75, 3.05) is 0 Å². The molecule has 3 heteroatoms. The van der Waals surface area contributed by atoms with Crippen LogP contribution in [0.3, 0.4) is 0 Å². The summed E-state index contributed by atoms with van der Waals surface area (Å²) in [7, 11) is 0. The minimum Gasteiger partial charge on any atom is -0.234 e. The minimum absolute atomic E-state index is 0.250. The van der Waals surface area contributed by atoms with Gasteiger partial charge in [-0.05, 0) is 6.58 Å². The van der Waals surface area contributed by atoms with E-state index in [0.717, 1.165) is 0 Å². The molecule has 0 aliphatic heterocycles. The fourth-order valence-corrected chi connectivity index (χ4v) is 0. The third-order valence-corrected chi connectivity index (χ3v) is 0. The highest BCUT2D eigenvalue weighted by atomic mass is 16.2. The van der Waals surface area contributed by atoms with Gasteiger partial charge in [-0.25, -0.2) is 4.79 Å². The summed E-state index contributed by atoms with van der Waals surface area (Å²) in [6.07, 6.45) is 0.250. The zero-order chi connectivity index (χ0) is 5.41. The maximum Gasteiger partial charge on any atom is 0.373 e. The monoisotopic (exact) mass is 86.0 g/mol. The van der Waals surface area contributed by atoms with Crippen LogP contribution in [0.5, 0.6) is 0 Å². The maximum absolute atomic E-state index is 8.57. The van der Waals surface area contributed by atoms with Crippen molar-refractivity contribution in [3.63, 3.8) is 0 Å². The van der Waals surface area contributed by atoms with Crippen LogP contribution in [0, 0.1) is 0 Å². The van der Waals surface area contributed by atoms with Crippen molar-refractivity contribution < 1.29 is 14.4 Å². The Labute approximate surface area is 34.3 Å². The van der Waals surface area contributed by atoms with Crippen molar-refractivity contribution in [1.82, 2.24) is 0 Å². The zero-order valence-electron chi connectivity index (χ0n) is 2.93. The van der Waals surface area contributed by atoms with Gasteiger partial charge in [0.15, 0.2) is 0 Å². The predicted octanol–water partition coefficient (Wildman–Crippen LogP) is -0.580. The number of hydrogen-bond acceptors (Lipinski definition) is 3. The average Bonchev–Trinajstić information content (AvgIpc) is 1.39. The van der Waals surface area contributed by atoms with Gasteiger partial charge < -0.3 is 0 Å². The van der Waals surface area contributed by atoms with Crippen LogP contribution in [-0.2, 0) is 14.4 Å². The van der Waals surface area contributed by atoms with Gasteiger partial charge in [-0.2, -0.15) is 9.59 Å². The lowest BCUT2D eigenvalue weighted by atomic mass is 11.2. The molecule has 0 aliphatic rings. The summed E-state index contributed by atoms with van der Waals surface area (Å²) >= 11 is 0. The molecule has 0 bridgehead atoms. The zero-order valence-corrected chi connectivity index (χ0v) is 2.93. The highest BCUT2D eigenvalue weighted by molar-refractivity contribution is 5.38. The average molecular weight is 86.0 g/mol. The Balaban J connectivity index is 0. The standard InChI is InChI=1S/C2H2O.CO2/c1-2-3;2-1-3/h1H2;. The Hall–Kier alpha value is -1.17. The van der Waals surface area contributed by atoms with Crippen LogP contribution in [0.15, 0.2) is 6.58 Å². The minimum atomic E-state index is 0.250. The van der Waals surface area contributed by atoms with Gasteiger partial charge in [0.1, 0.15) is 5.94 Å². The molecule has 0 spiro atoms. The summed E-state index contributed by atoms with van der Waals surface area (Å²) in [5, 5.41) is 0. The second-order valence-corrected chi connectivity index (χ2v) is 0.228. The summed E-state index contributed by atoms with van der Waals surface area (Å²) in [6.45, 7) is 2.68. The fourth-order valence-electron chi connectivity index (χ4n) is 0. The number of rotatable bonds is 0. The number of carbonyl (C=O) groups excluding carboxylic acids is 3. The molecule has 0 rings (SSSR count). The van der Waals surface area contributed by atoms with E-state index in [1.165, 1.54) is 5.94 Å². The second kappa shape index (κ2) is 44.5. The molecule has 0 atom stereocenters. The molecule has 0 aromatic carbocycles. The molecule has 3 nitrogen and oxygen atoms in total. The summed E-state index contributed by atoms with van der Waals surface area (Å²) < 4.78 is 0. The quantitative estimate of drug-likeness (QED) is 0.370. The number of hydrogen-bond donors (Lipinski definition) is 0. The molecule has 0 unspecified atom stereocenters. The summed E-state index contributed by atoms with van der Waals surface area (Å²) in [5.41, 5.74) is 0. The molecule has 32 valence electrons. The van der Waals surface area contributed by atoms with Crippen LogP contribution in [0.25, 0.3) is 0 Å². The van der Waals surface area contributed by atoms with Crippen LogP contribution in [0.4, 0.5) is 0 Å². The van der Waals surface area contributed by atoms with Gasteiger partial charge in [-0.3, -0.25) is 0 Å². The Morgan fingerprint density at radius 2 is 1.17 bits per heavy atom. The van der Waals surface area contributed by atoms with Crippen LogP contribution in [-0.4, -0.2) is 12.1 Å². The largest absolute Gasteiger partial charge is 0.373 e. The van der Waals surface area contributed by atoms with Gasteiger partial charge >= 0.3 is 6.15 Å². The van der Waals surface area contributed by atoms with E-state index in [4.69, 9.17) is 14.4 Å². The molecule has 0 aromatic heterocycles. The maximum atomic E-state index is 8.57. The molecule has 0 saturated heterocycles. The van der Waals surface area contributed by atoms with Gasteiger partial charge in [-0.1, -0.05) is 0 Å².